The van der Waals surface area contributed by atoms with Gasteiger partial charge in [-0.15, -0.1) is 0 Å². The summed E-state index contributed by atoms with van der Waals surface area (Å²) in [6, 6.07) is -1.15. The Bertz CT molecular complexity index is 142. The minimum Gasteiger partial charge on any atom is -0.392 e. The van der Waals surface area contributed by atoms with Crippen molar-refractivity contribution in [2.75, 3.05) is 0 Å². The van der Waals surface area contributed by atoms with E-state index in [4.69, 9.17) is 24.0 Å². The van der Waals surface area contributed by atoms with Crippen molar-refractivity contribution in [1.82, 2.24) is 0 Å². The maximum absolute atomic E-state index is 9.63. The molecule has 0 saturated heterocycles. The molecule has 0 aromatic heterocycles. The molecule has 66 valence electrons. The molecule has 0 aliphatic heterocycles. The topological polar surface area (TPSA) is 131 Å². The summed E-state index contributed by atoms with van der Waals surface area (Å²) in [5.41, 5.74) is 0. The van der Waals surface area contributed by atoms with E-state index in [-0.39, 0.29) is 0 Å². The van der Waals surface area contributed by atoms with Crippen LogP contribution < -0.4 is 0 Å². The number of nitroso groups, excluding NO2 is 1. The van der Waals surface area contributed by atoms with Gasteiger partial charge in [-0.2, -0.15) is 4.91 Å². The van der Waals surface area contributed by atoms with Gasteiger partial charge >= 0.3 is 17.5 Å². The molecule has 0 spiro atoms. The van der Waals surface area contributed by atoms with E-state index in [2.05, 4.69) is 0 Å². The summed E-state index contributed by atoms with van der Waals surface area (Å²) in [6.07, 6.45) is 0. The monoisotopic (exact) mass is 199 g/mol. The van der Waals surface area contributed by atoms with Crippen LogP contribution in [0.4, 0.5) is 0 Å². The summed E-state index contributed by atoms with van der Waals surface area (Å²) in [5.74, 6) is 0. The molecule has 7 nitrogen and oxygen atoms in total. The predicted octanol–water partition coefficient (Wildman–Crippen LogP) is -2.41. The summed E-state index contributed by atoms with van der Waals surface area (Å²) in [4.78, 5) is 54.0. The van der Waals surface area contributed by atoms with Gasteiger partial charge in [-0.1, -0.05) is 4.84 Å². The van der Waals surface area contributed by atoms with Crippen LogP contribution in [-0.4, -0.2) is 41.5 Å². The van der Waals surface area contributed by atoms with Crippen LogP contribution in [0.5, 0.6) is 0 Å². The van der Waals surface area contributed by atoms with Gasteiger partial charge in [0.15, 0.2) is 0 Å². The lowest BCUT2D eigenvalue weighted by molar-refractivity contribution is 0.227. The molecule has 0 aliphatic rings. The van der Waals surface area contributed by atoms with Gasteiger partial charge in [0, 0.05) is 12.1 Å². The molecular formula is C2H9NO6Si2. The second-order valence-corrected chi connectivity index (χ2v) is 6.42. The molecule has 0 amide bonds. The first-order valence-corrected chi connectivity index (χ1v) is 6.83. The Kier molecular flexibility index (Phi) is 3.43. The fraction of sp³-hybridized carbons (Fsp3) is 1.00. The number of hydrogen-bond donors (Lipinski definition) is 5. The van der Waals surface area contributed by atoms with E-state index in [0.717, 1.165) is 0 Å². The van der Waals surface area contributed by atoms with Crippen molar-refractivity contribution in [3.8, 4) is 0 Å². The molecule has 0 aromatic rings. The standard InChI is InChI=1S/C2H9NO6Si2/c4-3-10(5,6)1-2-11(7,8)9/h5-9H,1-2H2. The molecular weight excluding hydrogens is 190 g/mol. The number of rotatable bonds is 4. The third-order valence-corrected chi connectivity index (χ3v) is 3.58. The van der Waals surface area contributed by atoms with Crippen LogP contribution >= 0.6 is 0 Å². The molecule has 0 unspecified atom stereocenters. The Morgan fingerprint density at radius 2 is 1.45 bits per heavy atom. The molecule has 11 heavy (non-hydrogen) atoms. The van der Waals surface area contributed by atoms with Crippen molar-refractivity contribution in [3.63, 3.8) is 0 Å². The van der Waals surface area contributed by atoms with Crippen LogP contribution in [0.2, 0.25) is 12.1 Å². The summed E-state index contributed by atoms with van der Waals surface area (Å²) in [7, 11) is -8.43. The zero-order valence-corrected chi connectivity index (χ0v) is 7.51. The van der Waals surface area contributed by atoms with Gasteiger partial charge in [0.2, 0.25) is 0 Å². The highest BCUT2D eigenvalue weighted by molar-refractivity contribution is 6.66. The fourth-order valence-electron chi connectivity index (χ4n) is 0.381. The lowest BCUT2D eigenvalue weighted by atomic mass is 11.0. The van der Waals surface area contributed by atoms with Crippen molar-refractivity contribution < 1.29 is 24.0 Å². The molecule has 0 saturated carbocycles. The Morgan fingerprint density at radius 1 is 1.00 bits per heavy atom. The van der Waals surface area contributed by atoms with E-state index in [1.807, 2.05) is 4.84 Å². The predicted molar refractivity (Wildman–Crippen MR) is 38.0 cm³/mol. The third-order valence-electron chi connectivity index (χ3n) is 0.942. The van der Waals surface area contributed by atoms with Gasteiger partial charge in [-0.3, -0.25) is 0 Å². The van der Waals surface area contributed by atoms with Crippen molar-refractivity contribution >= 4 is 17.5 Å². The maximum Gasteiger partial charge on any atom is 0.516 e. The summed E-state index contributed by atoms with van der Waals surface area (Å²) in [5, 5.41) is 0. The molecule has 9 heteroatoms. The van der Waals surface area contributed by atoms with Crippen LogP contribution in [0.3, 0.4) is 0 Å². The number of hydrogen-bond acceptors (Lipinski definition) is 7. The molecule has 0 aliphatic carbocycles. The van der Waals surface area contributed by atoms with E-state index in [1.54, 1.807) is 0 Å². The second kappa shape index (κ2) is 3.49. The van der Waals surface area contributed by atoms with Gasteiger partial charge in [-0.05, 0) is 0 Å². The molecule has 0 aromatic carbocycles. The number of nitrogens with zero attached hydrogens (tertiary/aromatic N) is 1. The van der Waals surface area contributed by atoms with Crippen molar-refractivity contribution in [2.45, 2.75) is 12.1 Å². The smallest absolute Gasteiger partial charge is 0.392 e. The minimum atomic E-state index is -4.27. The largest absolute Gasteiger partial charge is 0.516 e. The van der Waals surface area contributed by atoms with Crippen LogP contribution in [0.25, 0.3) is 0 Å². The van der Waals surface area contributed by atoms with E-state index >= 15 is 0 Å². The van der Waals surface area contributed by atoms with Crippen LogP contribution in [0.15, 0.2) is 4.84 Å². The zero-order chi connectivity index (χ0) is 9.12. The Labute approximate surface area is 64.2 Å². The summed E-state index contributed by atoms with van der Waals surface area (Å²) < 4.78 is 0. The Morgan fingerprint density at radius 3 is 1.73 bits per heavy atom. The van der Waals surface area contributed by atoms with Gasteiger partial charge in [0.25, 0.3) is 0 Å². The molecule has 0 fully saturated rings. The quantitative estimate of drug-likeness (QED) is 0.253. The van der Waals surface area contributed by atoms with Crippen molar-refractivity contribution in [1.29, 1.82) is 0 Å². The highest BCUT2D eigenvalue weighted by Gasteiger charge is 2.38. The average Bonchev–Trinajstić information content (AvgIpc) is 1.83. The van der Waals surface area contributed by atoms with Gasteiger partial charge in [0.1, 0.15) is 0 Å². The third kappa shape index (κ3) is 6.24. The summed E-state index contributed by atoms with van der Waals surface area (Å²) >= 11 is 0. The average molecular weight is 199 g/mol. The first-order valence-electron chi connectivity index (χ1n) is 2.73. The first kappa shape index (κ1) is 10.8. The molecule has 5 N–H and O–H groups in total. The lowest BCUT2D eigenvalue weighted by Gasteiger charge is -2.11. The van der Waals surface area contributed by atoms with Gasteiger partial charge < -0.3 is 24.0 Å². The summed E-state index contributed by atoms with van der Waals surface area (Å²) in [6.45, 7) is 0. The Hall–Kier alpha value is -0.166. The molecule has 0 radical (unpaired) electrons. The Balaban J connectivity index is 3.79. The molecule has 0 heterocycles. The SMILES string of the molecule is O=N[Si](O)(O)CC[Si](O)(O)O. The van der Waals surface area contributed by atoms with Crippen molar-refractivity contribution in [3.05, 3.63) is 4.91 Å². The maximum atomic E-state index is 9.63. The van der Waals surface area contributed by atoms with E-state index in [0.29, 0.717) is 0 Å². The molecule has 0 atom stereocenters. The van der Waals surface area contributed by atoms with E-state index in [1.165, 1.54) is 0 Å². The van der Waals surface area contributed by atoms with E-state index in [9.17, 15) is 4.91 Å². The highest BCUT2D eigenvalue weighted by atomic mass is 28.4. The van der Waals surface area contributed by atoms with E-state index < -0.39 is 29.6 Å². The van der Waals surface area contributed by atoms with Crippen LogP contribution in [-0.2, 0) is 0 Å². The fourth-order valence-corrected chi connectivity index (χ4v) is 3.16. The second-order valence-electron chi connectivity index (χ2n) is 2.14. The van der Waals surface area contributed by atoms with Gasteiger partial charge in [0.05, 0.1) is 0 Å². The van der Waals surface area contributed by atoms with Crippen molar-refractivity contribution in [2.24, 2.45) is 4.84 Å². The van der Waals surface area contributed by atoms with Gasteiger partial charge in [-0.25, -0.2) is 0 Å². The molecule has 0 bridgehead atoms. The highest BCUT2D eigenvalue weighted by Crippen LogP contribution is 2.11. The molecule has 0 rings (SSSR count). The zero-order valence-electron chi connectivity index (χ0n) is 5.51. The van der Waals surface area contributed by atoms with Crippen LogP contribution in [0, 0.1) is 4.91 Å². The normalized spacial score (nSPS) is 13.2. The minimum absolute atomic E-state index is 0.563. The van der Waals surface area contributed by atoms with Crippen LogP contribution in [0.1, 0.15) is 0 Å². The first-order chi connectivity index (χ1) is 4.77. The lowest BCUT2D eigenvalue weighted by Crippen LogP contribution is -2.40.